The lowest BCUT2D eigenvalue weighted by atomic mass is 9.83. The van der Waals surface area contributed by atoms with Crippen molar-refractivity contribution in [2.45, 2.75) is 50.2 Å². The molecule has 0 amide bonds. The second kappa shape index (κ2) is 9.90. The molecule has 1 aromatic rings. The van der Waals surface area contributed by atoms with Gasteiger partial charge in [-0.1, -0.05) is 23.7 Å². The van der Waals surface area contributed by atoms with Gasteiger partial charge in [0.1, 0.15) is 0 Å². The van der Waals surface area contributed by atoms with E-state index in [4.69, 9.17) is 29.6 Å². The molecule has 24 heavy (non-hydrogen) atoms. The Labute approximate surface area is 151 Å². The van der Waals surface area contributed by atoms with Gasteiger partial charge in [-0.05, 0) is 55.7 Å². The lowest BCUT2D eigenvalue weighted by Crippen LogP contribution is -2.42. The summed E-state index contributed by atoms with van der Waals surface area (Å²) in [4.78, 5) is 0. The van der Waals surface area contributed by atoms with Crippen LogP contribution in [-0.2, 0) is 18.0 Å². The third kappa shape index (κ3) is 5.54. The van der Waals surface area contributed by atoms with E-state index in [0.717, 1.165) is 36.9 Å². The highest BCUT2D eigenvalue weighted by molar-refractivity contribution is 6.60. The normalized spacial score (nSPS) is 21.8. The van der Waals surface area contributed by atoms with Crippen LogP contribution in [-0.4, -0.2) is 42.8 Å². The van der Waals surface area contributed by atoms with Crippen molar-refractivity contribution in [1.29, 1.82) is 0 Å². The number of hydrogen-bond donors (Lipinski definition) is 0. The average Bonchev–Trinajstić information content (AvgIpc) is 2.64. The Morgan fingerprint density at radius 2 is 1.54 bits per heavy atom. The minimum absolute atomic E-state index is 0.372. The zero-order valence-electron chi connectivity index (χ0n) is 14.9. The molecule has 0 bridgehead atoms. The molecule has 1 saturated carbocycles. The number of hydrogen-bond acceptors (Lipinski definition) is 4. The van der Waals surface area contributed by atoms with E-state index in [-0.39, 0.29) is 0 Å². The Kier molecular flexibility index (Phi) is 8.20. The molecule has 4 nitrogen and oxygen atoms in total. The second-order valence-corrected chi connectivity index (χ2v) is 9.82. The monoisotopic (exact) mass is 372 g/mol. The number of rotatable bonds is 9. The van der Waals surface area contributed by atoms with Gasteiger partial charge in [0.25, 0.3) is 0 Å². The fraction of sp³-hybridized carbons (Fsp3) is 0.667. The van der Waals surface area contributed by atoms with Crippen LogP contribution >= 0.6 is 11.6 Å². The van der Waals surface area contributed by atoms with Crippen LogP contribution in [0.1, 0.15) is 43.6 Å². The van der Waals surface area contributed by atoms with E-state index in [9.17, 15) is 0 Å². The maximum Gasteiger partial charge on any atom is 0.500 e. The minimum atomic E-state index is -2.45. The molecule has 0 heterocycles. The topological polar surface area (TPSA) is 36.9 Å². The summed E-state index contributed by atoms with van der Waals surface area (Å²) < 4.78 is 22.3. The van der Waals surface area contributed by atoms with E-state index in [1.54, 1.807) is 21.3 Å². The SMILES string of the molecule is CO[Si](CCCOC1CCC(c2ccc(Cl)cc2)CC1)(OC)OC. The fourth-order valence-corrected chi connectivity index (χ4v) is 5.21. The van der Waals surface area contributed by atoms with Crippen molar-refractivity contribution in [2.75, 3.05) is 27.9 Å². The zero-order valence-corrected chi connectivity index (χ0v) is 16.7. The predicted molar refractivity (Wildman–Crippen MR) is 98.6 cm³/mol. The fourth-order valence-electron chi connectivity index (χ4n) is 3.39. The van der Waals surface area contributed by atoms with Gasteiger partial charge in [-0.25, -0.2) is 0 Å². The van der Waals surface area contributed by atoms with Gasteiger partial charge in [-0.3, -0.25) is 0 Å². The van der Waals surface area contributed by atoms with Crippen LogP contribution < -0.4 is 0 Å². The molecule has 136 valence electrons. The Bertz CT molecular complexity index is 462. The number of ether oxygens (including phenoxy) is 1. The summed E-state index contributed by atoms with van der Waals surface area (Å²) in [7, 11) is 2.50. The Balaban J connectivity index is 1.67. The van der Waals surface area contributed by atoms with E-state index in [1.807, 2.05) is 12.1 Å². The number of benzene rings is 1. The first-order valence-electron chi connectivity index (χ1n) is 8.65. The van der Waals surface area contributed by atoms with Crippen LogP contribution in [0.5, 0.6) is 0 Å². The van der Waals surface area contributed by atoms with Crippen LogP contribution in [0.25, 0.3) is 0 Å². The van der Waals surface area contributed by atoms with Crippen molar-refractivity contribution in [3.63, 3.8) is 0 Å². The van der Waals surface area contributed by atoms with Crippen LogP contribution in [0.3, 0.4) is 0 Å². The molecular weight excluding hydrogens is 344 g/mol. The van der Waals surface area contributed by atoms with Crippen LogP contribution in [0.15, 0.2) is 24.3 Å². The summed E-state index contributed by atoms with van der Waals surface area (Å²) in [5.41, 5.74) is 1.40. The zero-order chi connectivity index (χ0) is 17.4. The molecule has 1 fully saturated rings. The van der Waals surface area contributed by atoms with Gasteiger partial charge in [0.2, 0.25) is 0 Å². The molecule has 1 aromatic carbocycles. The Morgan fingerprint density at radius 3 is 2.08 bits per heavy atom. The summed E-state index contributed by atoms with van der Waals surface area (Å²) in [6.45, 7) is 0.737. The van der Waals surface area contributed by atoms with Gasteiger partial charge in [0, 0.05) is 39.0 Å². The highest BCUT2D eigenvalue weighted by Gasteiger charge is 2.37. The minimum Gasteiger partial charge on any atom is -0.378 e. The van der Waals surface area contributed by atoms with Crippen molar-refractivity contribution in [1.82, 2.24) is 0 Å². The van der Waals surface area contributed by atoms with Gasteiger partial charge >= 0.3 is 8.80 Å². The summed E-state index contributed by atoms with van der Waals surface area (Å²) in [6.07, 6.45) is 5.87. The summed E-state index contributed by atoms with van der Waals surface area (Å²) >= 11 is 5.96. The third-order valence-corrected chi connectivity index (χ3v) is 8.01. The molecule has 0 aromatic heterocycles. The summed E-state index contributed by atoms with van der Waals surface area (Å²) in [6, 6.07) is 9.06. The lowest BCUT2D eigenvalue weighted by molar-refractivity contribution is 0.0225. The van der Waals surface area contributed by atoms with E-state index in [1.165, 1.54) is 18.4 Å². The first kappa shape index (κ1) is 19.9. The van der Waals surface area contributed by atoms with Crippen molar-refractivity contribution < 1.29 is 18.0 Å². The van der Waals surface area contributed by atoms with Crippen molar-refractivity contribution >= 4 is 20.4 Å². The van der Waals surface area contributed by atoms with Crippen LogP contribution in [0.2, 0.25) is 11.1 Å². The van der Waals surface area contributed by atoms with Crippen molar-refractivity contribution in [2.24, 2.45) is 0 Å². The van der Waals surface area contributed by atoms with E-state index in [2.05, 4.69) is 12.1 Å². The molecule has 0 unspecified atom stereocenters. The third-order valence-electron chi connectivity index (χ3n) is 4.93. The van der Waals surface area contributed by atoms with Gasteiger partial charge in [-0.2, -0.15) is 0 Å². The van der Waals surface area contributed by atoms with Gasteiger partial charge < -0.3 is 18.0 Å². The molecular formula is C18H29ClO4Si. The molecule has 0 radical (unpaired) electrons. The Hall–Kier alpha value is -0.433. The summed E-state index contributed by atoms with van der Waals surface area (Å²) in [5.74, 6) is 0.637. The number of halogens is 1. The smallest absolute Gasteiger partial charge is 0.378 e. The second-order valence-electron chi connectivity index (χ2n) is 6.29. The van der Waals surface area contributed by atoms with Gasteiger partial charge in [-0.15, -0.1) is 0 Å². The van der Waals surface area contributed by atoms with Gasteiger partial charge in [0.15, 0.2) is 0 Å². The quantitative estimate of drug-likeness (QED) is 0.467. The van der Waals surface area contributed by atoms with Crippen LogP contribution in [0, 0.1) is 0 Å². The van der Waals surface area contributed by atoms with E-state index >= 15 is 0 Å². The molecule has 2 rings (SSSR count). The highest BCUT2D eigenvalue weighted by Crippen LogP contribution is 2.34. The average molecular weight is 373 g/mol. The molecule has 1 aliphatic rings. The predicted octanol–water partition coefficient (Wildman–Crippen LogP) is 4.65. The van der Waals surface area contributed by atoms with E-state index < -0.39 is 8.80 Å². The summed E-state index contributed by atoms with van der Waals surface area (Å²) in [5, 5.41) is 0.804. The molecule has 6 heteroatoms. The first-order valence-corrected chi connectivity index (χ1v) is 11.0. The van der Waals surface area contributed by atoms with Crippen molar-refractivity contribution in [3.8, 4) is 0 Å². The molecule has 0 atom stereocenters. The largest absolute Gasteiger partial charge is 0.500 e. The van der Waals surface area contributed by atoms with Gasteiger partial charge in [0.05, 0.1) is 6.10 Å². The maximum atomic E-state index is 6.05. The van der Waals surface area contributed by atoms with Crippen LogP contribution in [0.4, 0.5) is 0 Å². The highest BCUT2D eigenvalue weighted by atomic mass is 35.5. The molecule has 1 aliphatic carbocycles. The molecule has 0 N–H and O–H groups in total. The molecule has 0 spiro atoms. The molecule has 0 aliphatic heterocycles. The molecule has 0 saturated heterocycles. The van der Waals surface area contributed by atoms with Crippen molar-refractivity contribution in [3.05, 3.63) is 34.9 Å². The standard InChI is InChI=1S/C18H29ClO4Si/c1-20-24(21-2,22-3)14-4-13-23-18-11-7-16(8-12-18)15-5-9-17(19)10-6-15/h5-6,9-10,16,18H,4,7-8,11-14H2,1-3H3. The first-order chi connectivity index (χ1) is 11.6. The van der Waals surface area contributed by atoms with E-state index in [0.29, 0.717) is 12.0 Å². The lowest BCUT2D eigenvalue weighted by Gasteiger charge is -2.29. The Morgan fingerprint density at radius 1 is 0.958 bits per heavy atom. The maximum absolute atomic E-state index is 6.05.